The van der Waals surface area contributed by atoms with Crippen molar-refractivity contribution in [2.75, 3.05) is 12.0 Å². The first-order chi connectivity index (χ1) is 21.7. The number of benzene rings is 2. The molecule has 0 amide bonds. The molecule has 2 unspecified atom stereocenters. The van der Waals surface area contributed by atoms with Crippen LogP contribution in [-0.2, 0) is 16.1 Å². The summed E-state index contributed by atoms with van der Waals surface area (Å²) in [5, 5.41) is 6.92. The average Bonchev–Trinajstić information content (AvgIpc) is 3.47. The van der Waals surface area contributed by atoms with E-state index in [1.54, 1.807) is 18.2 Å². The van der Waals surface area contributed by atoms with Gasteiger partial charge in [-0.05, 0) is 62.8 Å². The Morgan fingerprint density at radius 3 is 2.53 bits per heavy atom. The van der Waals surface area contributed by atoms with Crippen LogP contribution in [0.2, 0.25) is 0 Å². The predicted octanol–water partition coefficient (Wildman–Crippen LogP) is 7.88. The number of esters is 1. The van der Waals surface area contributed by atoms with Gasteiger partial charge in [0.1, 0.15) is 23.0 Å². The van der Waals surface area contributed by atoms with E-state index in [-0.39, 0.29) is 47.6 Å². The highest BCUT2D eigenvalue weighted by Gasteiger charge is 2.43. The van der Waals surface area contributed by atoms with Gasteiger partial charge >= 0.3 is 12.3 Å². The number of hydrogen-bond donors (Lipinski definition) is 0. The van der Waals surface area contributed by atoms with Gasteiger partial charge in [-0.25, -0.2) is 14.2 Å². The number of alkyl halides is 3. The quantitative estimate of drug-likeness (QED) is 0.135. The molecule has 1 saturated carbocycles. The van der Waals surface area contributed by atoms with E-state index >= 15 is 0 Å². The minimum atomic E-state index is -4.84. The van der Waals surface area contributed by atoms with Crippen LogP contribution in [0.25, 0.3) is 22.5 Å². The predicted molar refractivity (Wildman–Crippen MR) is 157 cm³/mol. The van der Waals surface area contributed by atoms with E-state index in [2.05, 4.69) is 19.5 Å². The van der Waals surface area contributed by atoms with Gasteiger partial charge in [-0.15, -0.1) is 24.5 Å². The number of methoxy groups -OCH3 is 1. The van der Waals surface area contributed by atoms with E-state index in [0.29, 0.717) is 28.3 Å². The number of hydrogen-bond acceptors (Lipinski definition) is 9. The zero-order chi connectivity index (χ0) is 31.3. The largest absolute Gasteiger partial charge is 0.573 e. The third-order valence-corrected chi connectivity index (χ3v) is 9.52. The van der Waals surface area contributed by atoms with Gasteiger partial charge in [0.2, 0.25) is 0 Å². The first-order valence-electron chi connectivity index (χ1n) is 14.8. The molecule has 13 heteroatoms. The molecule has 8 nitrogen and oxygen atoms in total. The highest BCUT2D eigenvalue weighted by Crippen LogP contribution is 2.47. The Labute approximate surface area is 259 Å². The van der Waals surface area contributed by atoms with Crippen LogP contribution in [0.4, 0.5) is 22.7 Å². The van der Waals surface area contributed by atoms with Crippen LogP contribution < -0.4 is 9.64 Å². The molecule has 2 aromatic heterocycles. The van der Waals surface area contributed by atoms with Gasteiger partial charge in [0.15, 0.2) is 5.13 Å². The summed E-state index contributed by atoms with van der Waals surface area (Å²) in [6.07, 6.45) is 0.459. The number of ether oxygens (including phenoxy) is 3. The fraction of sp³-hybridized carbons (Fsp3) is 0.406. The van der Waals surface area contributed by atoms with Crippen molar-refractivity contribution < 1.29 is 41.1 Å². The van der Waals surface area contributed by atoms with Crippen LogP contribution >= 0.6 is 11.3 Å². The molecule has 7 rings (SSSR count). The normalized spacial score (nSPS) is 21.3. The number of anilines is 1. The summed E-state index contributed by atoms with van der Waals surface area (Å²) in [5.74, 6) is -0.882. The monoisotopic (exact) mass is 643 g/mol. The Morgan fingerprint density at radius 2 is 1.84 bits per heavy atom. The van der Waals surface area contributed by atoms with E-state index in [1.807, 2.05) is 5.38 Å². The lowest BCUT2D eigenvalue weighted by Crippen LogP contribution is -2.45. The van der Waals surface area contributed by atoms with Crippen LogP contribution in [-0.4, -0.2) is 47.8 Å². The van der Waals surface area contributed by atoms with Crippen molar-refractivity contribution in [3.8, 4) is 28.3 Å². The van der Waals surface area contributed by atoms with Gasteiger partial charge in [0, 0.05) is 40.1 Å². The summed E-state index contributed by atoms with van der Waals surface area (Å²) < 4.78 is 75.0. The number of para-hydroxylation sites is 1. The molecule has 236 valence electrons. The smallest absolute Gasteiger partial charge is 0.465 e. The maximum absolute atomic E-state index is 14.6. The molecule has 3 aliphatic rings. The number of carbonyl (C=O) groups excluding carboxylic acids is 1. The van der Waals surface area contributed by atoms with Crippen LogP contribution in [0.3, 0.4) is 0 Å². The molecule has 2 bridgehead atoms. The van der Waals surface area contributed by atoms with E-state index in [0.717, 1.165) is 43.7 Å². The SMILES string of the molecule is COC(=O)c1ccc(-c2csc(N3C4CCC3CC(OCc3c(-c5ccccc5OC(F)(F)F)noc3C3CC3)C4)n2)cc1F. The van der Waals surface area contributed by atoms with Crippen molar-refractivity contribution in [1.29, 1.82) is 0 Å². The molecule has 2 atom stereocenters. The maximum Gasteiger partial charge on any atom is 0.573 e. The van der Waals surface area contributed by atoms with E-state index in [1.165, 1.54) is 42.7 Å². The summed E-state index contributed by atoms with van der Waals surface area (Å²) in [6, 6.07) is 10.7. The Kier molecular flexibility index (Phi) is 7.76. The second kappa shape index (κ2) is 11.8. The summed E-state index contributed by atoms with van der Waals surface area (Å²) >= 11 is 1.50. The second-order valence-corrected chi connectivity index (χ2v) is 12.4. The molecule has 0 radical (unpaired) electrons. The van der Waals surface area contributed by atoms with Crippen molar-refractivity contribution in [3.05, 3.63) is 70.5 Å². The Balaban J connectivity index is 1.06. The highest BCUT2D eigenvalue weighted by molar-refractivity contribution is 7.14. The summed E-state index contributed by atoms with van der Waals surface area (Å²) in [6.45, 7) is 0.170. The Hall–Kier alpha value is -3.97. The highest BCUT2D eigenvalue weighted by atomic mass is 32.1. The van der Waals surface area contributed by atoms with Gasteiger partial charge in [-0.3, -0.25) is 0 Å². The molecule has 0 N–H and O–H groups in total. The van der Waals surface area contributed by atoms with E-state index in [4.69, 9.17) is 14.2 Å². The van der Waals surface area contributed by atoms with Crippen LogP contribution in [0.1, 0.15) is 66.1 Å². The number of aromatic nitrogens is 2. The lowest BCUT2D eigenvalue weighted by atomic mass is 10.00. The number of piperidine rings is 1. The lowest BCUT2D eigenvalue weighted by Gasteiger charge is -2.38. The number of thiazole rings is 1. The van der Waals surface area contributed by atoms with Crippen LogP contribution in [0.15, 0.2) is 52.4 Å². The lowest BCUT2D eigenvalue weighted by molar-refractivity contribution is -0.274. The third kappa shape index (κ3) is 6.02. The topological polar surface area (TPSA) is 86.9 Å². The second-order valence-electron chi connectivity index (χ2n) is 11.6. The fourth-order valence-electron chi connectivity index (χ4n) is 6.46. The van der Waals surface area contributed by atoms with Crippen molar-refractivity contribution in [2.45, 2.75) is 75.6 Å². The first kappa shape index (κ1) is 29.7. The number of rotatable bonds is 9. The molecule has 45 heavy (non-hydrogen) atoms. The molecule has 4 heterocycles. The number of nitrogens with zero attached hydrogens (tertiary/aromatic N) is 3. The van der Waals surface area contributed by atoms with Crippen molar-refractivity contribution in [1.82, 2.24) is 10.1 Å². The fourth-order valence-corrected chi connectivity index (χ4v) is 7.43. The van der Waals surface area contributed by atoms with Crippen molar-refractivity contribution >= 4 is 22.4 Å². The molecule has 0 spiro atoms. The van der Waals surface area contributed by atoms with Gasteiger partial charge < -0.3 is 23.6 Å². The van der Waals surface area contributed by atoms with E-state index < -0.39 is 18.1 Å². The molecular formula is C32H29F4N3O5S. The standard InChI is InChI=1S/C32H29F4N3O5S/c1-41-30(40)22-11-8-18(12-25(22)33)26-16-45-31(37-26)39-19-9-10-20(39)14-21(13-19)42-15-24-28(38-44-29(24)17-6-7-17)23-4-2-3-5-27(23)43-32(34,35)36/h2-5,8,11-12,16-17,19-21H,6-7,9-10,13-15H2,1H3. The van der Waals surface area contributed by atoms with Gasteiger partial charge in [0.05, 0.1) is 31.1 Å². The van der Waals surface area contributed by atoms with Crippen LogP contribution in [0.5, 0.6) is 5.75 Å². The van der Waals surface area contributed by atoms with Crippen molar-refractivity contribution in [3.63, 3.8) is 0 Å². The Bertz CT molecular complexity index is 1700. The minimum absolute atomic E-state index is 0.0605. The van der Waals surface area contributed by atoms with Gasteiger partial charge in [0.25, 0.3) is 0 Å². The molecule has 3 fully saturated rings. The molecule has 4 aromatic rings. The van der Waals surface area contributed by atoms with Crippen LogP contribution in [0, 0.1) is 5.82 Å². The zero-order valence-corrected chi connectivity index (χ0v) is 25.0. The van der Waals surface area contributed by atoms with Gasteiger partial charge in [-0.1, -0.05) is 23.4 Å². The maximum atomic E-state index is 14.6. The molecular weight excluding hydrogens is 614 g/mol. The first-order valence-corrected chi connectivity index (χ1v) is 15.6. The van der Waals surface area contributed by atoms with E-state index in [9.17, 15) is 22.4 Å². The summed E-state index contributed by atoms with van der Waals surface area (Å²) in [4.78, 5) is 18.9. The number of halogens is 4. The minimum Gasteiger partial charge on any atom is -0.465 e. The number of fused-ring (bicyclic) bond motifs is 2. The molecule has 2 aromatic carbocycles. The Morgan fingerprint density at radius 1 is 1.09 bits per heavy atom. The molecule has 2 saturated heterocycles. The number of carbonyl (C=O) groups is 1. The summed E-state index contributed by atoms with van der Waals surface area (Å²) in [5.41, 5.74) is 2.26. The third-order valence-electron chi connectivity index (χ3n) is 8.67. The zero-order valence-electron chi connectivity index (χ0n) is 24.2. The molecule has 1 aliphatic carbocycles. The van der Waals surface area contributed by atoms with Crippen molar-refractivity contribution in [2.24, 2.45) is 0 Å². The average molecular weight is 644 g/mol. The summed E-state index contributed by atoms with van der Waals surface area (Å²) in [7, 11) is 1.21. The van der Waals surface area contributed by atoms with Gasteiger partial charge in [-0.2, -0.15) is 0 Å². The molecule has 2 aliphatic heterocycles.